The molecule has 0 amide bonds. The largest absolute Gasteiger partial charge is 0.261 e. The van der Waals surface area contributed by atoms with Gasteiger partial charge in [0.25, 0.3) is 0 Å². The molecule has 0 atom stereocenters. The van der Waals surface area contributed by atoms with Gasteiger partial charge in [-0.25, -0.2) is 4.68 Å². The lowest BCUT2D eigenvalue weighted by molar-refractivity contribution is 0.847. The van der Waals surface area contributed by atoms with Crippen molar-refractivity contribution < 1.29 is 0 Å². The van der Waals surface area contributed by atoms with E-state index in [0.717, 1.165) is 21.6 Å². The molecule has 2 aromatic carbocycles. The zero-order valence-electron chi connectivity index (χ0n) is 15.0. The van der Waals surface area contributed by atoms with Gasteiger partial charge in [-0.3, -0.25) is 4.99 Å². The Morgan fingerprint density at radius 1 is 1.00 bits per heavy atom. The van der Waals surface area contributed by atoms with Gasteiger partial charge in [-0.1, -0.05) is 35.3 Å². The van der Waals surface area contributed by atoms with Crippen LogP contribution in [0.4, 0.5) is 0 Å². The second-order valence-electron chi connectivity index (χ2n) is 6.10. The molecule has 26 heavy (non-hydrogen) atoms. The molecule has 0 saturated heterocycles. The van der Waals surface area contributed by atoms with E-state index in [2.05, 4.69) is 48.4 Å². The smallest absolute Gasteiger partial charge is 0.205 e. The van der Waals surface area contributed by atoms with Crippen molar-refractivity contribution in [2.45, 2.75) is 20.8 Å². The van der Waals surface area contributed by atoms with Crippen LogP contribution >= 0.6 is 34.5 Å². The average Bonchev–Trinajstić information content (AvgIpc) is 3.00. The number of aryl methyl sites for hydroxylation is 3. The predicted molar refractivity (Wildman–Crippen MR) is 113 cm³/mol. The van der Waals surface area contributed by atoms with Gasteiger partial charge in [0.05, 0.1) is 16.9 Å². The van der Waals surface area contributed by atoms with E-state index in [1.54, 1.807) is 36.7 Å². The molecule has 6 heteroatoms. The lowest BCUT2D eigenvalue weighted by Gasteiger charge is -2.10. The molecular formula is C20H19Cl2N3S. The molecule has 0 aliphatic heterocycles. The number of rotatable bonds is 3. The summed E-state index contributed by atoms with van der Waals surface area (Å²) >= 11 is 13.8. The van der Waals surface area contributed by atoms with Crippen LogP contribution in [0.1, 0.15) is 22.3 Å². The van der Waals surface area contributed by atoms with Crippen molar-refractivity contribution in [3.63, 3.8) is 0 Å². The van der Waals surface area contributed by atoms with Crippen LogP contribution in [-0.2, 0) is 0 Å². The molecule has 3 nitrogen and oxygen atoms in total. The third-order valence-electron chi connectivity index (χ3n) is 4.27. The SMILES string of the molecule is CN=c1scc(-c2cc(C)c(C)cc2C)n1N=Cc1ccc(Cl)cc1Cl. The number of thiazole rings is 1. The highest BCUT2D eigenvalue weighted by atomic mass is 35.5. The number of nitrogens with zero attached hydrogens (tertiary/aromatic N) is 3. The molecule has 0 unspecified atom stereocenters. The number of hydrogen-bond donors (Lipinski definition) is 0. The first-order valence-electron chi connectivity index (χ1n) is 8.11. The van der Waals surface area contributed by atoms with Gasteiger partial charge in [-0.05, 0) is 55.7 Å². The van der Waals surface area contributed by atoms with Crippen LogP contribution in [0.5, 0.6) is 0 Å². The van der Waals surface area contributed by atoms with Crippen LogP contribution < -0.4 is 4.80 Å². The Labute approximate surface area is 167 Å². The fourth-order valence-electron chi connectivity index (χ4n) is 2.71. The van der Waals surface area contributed by atoms with Gasteiger partial charge in [-0.2, -0.15) is 5.10 Å². The zero-order valence-corrected chi connectivity index (χ0v) is 17.4. The summed E-state index contributed by atoms with van der Waals surface area (Å²) in [6, 6.07) is 9.77. The summed E-state index contributed by atoms with van der Waals surface area (Å²) in [7, 11) is 1.77. The van der Waals surface area contributed by atoms with Crippen molar-refractivity contribution in [3.05, 3.63) is 72.8 Å². The van der Waals surface area contributed by atoms with E-state index in [4.69, 9.17) is 23.2 Å². The molecule has 0 aliphatic carbocycles. The van der Waals surface area contributed by atoms with Crippen LogP contribution in [0.3, 0.4) is 0 Å². The molecular weight excluding hydrogens is 385 g/mol. The normalized spacial score (nSPS) is 12.3. The second-order valence-corrected chi connectivity index (χ2v) is 7.78. The molecule has 3 rings (SSSR count). The molecule has 0 radical (unpaired) electrons. The first-order chi connectivity index (χ1) is 12.4. The average molecular weight is 404 g/mol. The van der Waals surface area contributed by atoms with E-state index in [-0.39, 0.29) is 0 Å². The fraction of sp³-hybridized carbons (Fsp3) is 0.200. The Balaban J connectivity index is 2.13. The Hall–Kier alpha value is -1.88. The van der Waals surface area contributed by atoms with Crippen LogP contribution in [0.15, 0.2) is 45.8 Å². The van der Waals surface area contributed by atoms with Gasteiger partial charge in [0.2, 0.25) is 4.80 Å². The van der Waals surface area contributed by atoms with E-state index in [9.17, 15) is 0 Å². The molecule has 0 aliphatic rings. The quantitative estimate of drug-likeness (QED) is 0.490. The Morgan fingerprint density at radius 2 is 1.73 bits per heavy atom. The summed E-state index contributed by atoms with van der Waals surface area (Å²) < 4.78 is 1.85. The van der Waals surface area contributed by atoms with E-state index >= 15 is 0 Å². The molecule has 0 fully saturated rings. The van der Waals surface area contributed by atoms with Crippen molar-refractivity contribution >= 4 is 40.8 Å². The van der Waals surface area contributed by atoms with Gasteiger partial charge in [0.1, 0.15) is 0 Å². The lowest BCUT2D eigenvalue weighted by Crippen LogP contribution is -2.12. The molecule has 0 bridgehead atoms. The number of benzene rings is 2. The van der Waals surface area contributed by atoms with E-state index in [1.807, 2.05) is 10.7 Å². The Kier molecular flexibility index (Phi) is 5.66. The van der Waals surface area contributed by atoms with Crippen molar-refractivity contribution in [1.82, 2.24) is 4.68 Å². The summed E-state index contributed by atoms with van der Waals surface area (Å²) in [6.45, 7) is 6.37. The minimum absolute atomic E-state index is 0.566. The van der Waals surface area contributed by atoms with Gasteiger partial charge >= 0.3 is 0 Å². The minimum atomic E-state index is 0.566. The third-order valence-corrected chi connectivity index (χ3v) is 5.74. The lowest BCUT2D eigenvalue weighted by atomic mass is 9.99. The van der Waals surface area contributed by atoms with Crippen LogP contribution in [0.2, 0.25) is 10.0 Å². The maximum atomic E-state index is 6.26. The third kappa shape index (κ3) is 3.78. The van der Waals surface area contributed by atoms with E-state index < -0.39 is 0 Å². The maximum absolute atomic E-state index is 6.26. The monoisotopic (exact) mass is 403 g/mol. The van der Waals surface area contributed by atoms with E-state index in [0.29, 0.717) is 10.0 Å². The molecule has 1 aromatic heterocycles. The van der Waals surface area contributed by atoms with Gasteiger partial charge in [0.15, 0.2) is 0 Å². The highest BCUT2D eigenvalue weighted by molar-refractivity contribution is 7.07. The predicted octanol–water partition coefficient (Wildman–Crippen LogP) is 5.86. The van der Waals surface area contributed by atoms with Crippen molar-refractivity contribution in [3.8, 4) is 11.3 Å². The van der Waals surface area contributed by atoms with Crippen LogP contribution in [-0.4, -0.2) is 17.9 Å². The summed E-state index contributed by atoms with van der Waals surface area (Å²) in [4.78, 5) is 5.17. The number of halogens is 2. The van der Waals surface area contributed by atoms with Crippen molar-refractivity contribution in [1.29, 1.82) is 0 Å². The van der Waals surface area contributed by atoms with Gasteiger partial charge in [0, 0.05) is 28.6 Å². The molecule has 0 saturated carbocycles. The van der Waals surface area contributed by atoms with E-state index in [1.165, 1.54) is 16.7 Å². The van der Waals surface area contributed by atoms with Gasteiger partial charge in [-0.15, -0.1) is 11.3 Å². The minimum Gasteiger partial charge on any atom is -0.261 e. The highest BCUT2D eigenvalue weighted by Crippen LogP contribution is 2.27. The maximum Gasteiger partial charge on any atom is 0.205 e. The Morgan fingerprint density at radius 3 is 2.42 bits per heavy atom. The first kappa shape index (κ1) is 18.9. The summed E-state index contributed by atoms with van der Waals surface area (Å²) in [5.41, 5.74) is 6.71. The number of hydrogen-bond acceptors (Lipinski definition) is 3. The zero-order chi connectivity index (χ0) is 18.8. The summed E-state index contributed by atoms with van der Waals surface area (Å²) in [6.07, 6.45) is 1.74. The van der Waals surface area contributed by atoms with Crippen molar-refractivity contribution in [2.75, 3.05) is 7.05 Å². The summed E-state index contributed by atoms with van der Waals surface area (Å²) in [5.74, 6) is 0. The topological polar surface area (TPSA) is 29.6 Å². The molecule has 1 heterocycles. The van der Waals surface area contributed by atoms with Gasteiger partial charge < -0.3 is 0 Å². The summed E-state index contributed by atoms with van der Waals surface area (Å²) in [5, 5.41) is 7.90. The van der Waals surface area contributed by atoms with Crippen molar-refractivity contribution in [2.24, 2.45) is 10.1 Å². The number of aromatic nitrogens is 1. The molecule has 0 spiro atoms. The molecule has 3 aromatic rings. The highest BCUT2D eigenvalue weighted by Gasteiger charge is 2.11. The van der Waals surface area contributed by atoms with Crippen LogP contribution in [0.25, 0.3) is 11.3 Å². The molecule has 134 valence electrons. The fourth-order valence-corrected chi connectivity index (χ4v) is 3.96. The second kappa shape index (κ2) is 7.78. The standard InChI is InChI=1S/C20H19Cl2N3S/c1-12-7-14(3)17(8-13(12)2)19-11-26-20(23-4)25(19)24-10-15-5-6-16(21)9-18(15)22/h5-11H,1-4H3. The first-order valence-corrected chi connectivity index (χ1v) is 9.75. The Bertz CT molecular complexity index is 1060. The van der Waals surface area contributed by atoms with Crippen LogP contribution in [0, 0.1) is 20.8 Å². The molecule has 0 N–H and O–H groups in total.